The van der Waals surface area contributed by atoms with Gasteiger partial charge in [-0.25, -0.2) is 4.39 Å². The van der Waals surface area contributed by atoms with E-state index in [0.29, 0.717) is 12.5 Å². The number of hydrogen-bond acceptors (Lipinski definition) is 4. The van der Waals surface area contributed by atoms with Crippen LogP contribution in [0, 0.1) is 11.7 Å². The summed E-state index contributed by atoms with van der Waals surface area (Å²) in [6.45, 7) is 12.6. The highest BCUT2D eigenvalue weighted by Crippen LogP contribution is 2.19. The normalized spacial score (nSPS) is 20.3. The van der Waals surface area contributed by atoms with Gasteiger partial charge >= 0.3 is 0 Å². The number of piperidine rings is 1. The van der Waals surface area contributed by atoms with Crippen LogP contribution in [0.2, 0.25) is 0 Å². The molecule has 0 saturated carbocycles. The predicted octanol–water partition coefficient (Wildman–Crippen LogP) is 2.31. The summed E-state index contributed by atoms with van der Waals surface area (Å²) < 4.78 is 19.4. The van der Waals surface area contributed by atoms with E-state index in [4.69, 9.17) is 4.74 Å². The predicted molar refractivity (Wildman–Crippen MR) is 120 cm³/mol. The fourth-order valence-electron chi connectivity index (χ4n) is 4.26. The molecule has 6 nitrogen and oxygen atoms in total. The van der Waals surface area contributed by atoms with Crippen molar-refractivity contribution in [3.05, 3.63) is 35.6 Å². The summed E-state index contributed by atoms with van der Waals surface area (Å²) in [7, 11) is 1.83. The summed E-state index contributed by atoms with van der Waals surface area (Å²) >= 11 is 0. The third kappa shape index (κ3) is 6.65. The lowest BCUT2D eigenvalue weighted by atomic mass is 9.96. The molecule has 1 aromatic carbocycles. The van der Waals surface area contributed by atoms with Crippen LogP contribution in [0.1, 0.15) is 32.3 Å². The first kappa shape index (κ1) is 23.0. The summed E-state index contributed by atoms with van der Waals surface area (Å²) in [5.74, 6) is 1.38. The summed E-state index contributed by atoms with van der Waals surface area (Å²) in [4.78, 5) is 9.23. The molecule has 2 aliphatic heterocycles. The molecule has 2 heterocycles. The van der Waals surface area contributed by atoms with Crippen molar-refractivity contribution >= 4 is 5.96 Å². The quantitative estimate of drug-likeness (QED) is 0.525. The van der Waals surface area contributed by atoms with Crippen LogP contribution >= 0.6 is 0 Å². The number of likely N-dealkylation sites (tertiary alicyclic amines) is 1. The van der Waals surface area contributed by atoms with Crippen molar-refractivity contribution < 1.29 is 9.13 Å². The Morgan fingerprint density at radius 2 is 1.83 bits per heavy atom. The van der Waals surface area contributed by atoms with Crippen molar-refractivity contribution in [3.8, 4) is 0 Å². The summed E-state index contributed by atoms with van der Waals surface area (Å²) in [5.41, 5.74) is 0.848. The van der Waals surface area contributed by atoms with Crippen LogP contribution in [0.3, 0.4) is 0 Å². The largest absolute Gasteiger partial charge is 0.379 e. The molecular weight excluding hydrogens is 381 g/mol. The van der Waals surface area contributed by atoms with E-state index >= 15 is 0 Å². The lowest BCUT2D eigenvalue weighted by Gasteiger charge is -2.41. The lowest BCUT2D eigenvalue weighted by Crippen LogP contribution is -2.56. The van der Waals surface area contributed by atoms with Crippen LogP contribution in [-0.4, -0.2) is 80.8 Å². The van der Waals surface area contributed by atoms with Crippen molar-refractivity contribution in [1.29, 1.82) is 0 Å². The van der Waals surface area contributed by atoms with Gasteiger partial charge in [-0.1, -0.05) is 18.2 Å². The van der Waals surface area contributed by atoms with Gasteiger partial charge < -0.3 is 15.4 Å². The zero-order valence-electron chi connectivity index (χ0n) is 18.8. The molecule has 0 bridgehead atoms. The van der Waals surface area contributed by atoms with E-state index in [-0.39, 0.29) is 11.4 Å². The fraction of sp³-hybridized carbons (Fsp3) is 0.696. The molecule has 30 heavy (non-hydrogen) atoms. The van der Waals surface area contributed by atoms with Gasteiger partial charge in [-0.05, 0) is 51.8 Å². The minimum Gasteiger partial charge on any atom is -0.379 e. The first-order valence-electron chi connectivity index (χ1n) is 11.2. The zero-order chi connectivity index (χ0) is 21.4. The molecule has 0 unspecified atom stereocenters. The number of aliphatic imine (C=N–C) groups is 1. The molecule has 168 valence electrons. The van der Waals surface area contributed by atoms with Crippen molar-refractivity contribution in [3.63, 3.8) is 0 Å². The average molecular weight is 420 g/mol. The Bertz CT molecular complexity index is 682. The Labute approximate surface area is 180 Å². The summed E-state index contributed by atoms with van der Waals surface area (Å²) in [6.07, 6.45) is 2.25. The second kappa shape index (κ2) is 11.1. The molecule has 0 aliphatic carbocycles. The third-order valence-electron chi connectivity index (χ3n) is 6.40. The number of hydrogen-bond donors (Lipinski definition) is 2. The molecular formula is C23H38FN5O. The highest BCUT2D eigenvalue weighted by Gasteiger charge is 2.28. The van der Waals surface area contributed by atoms with E-state index in [0.717, 1.165) is 76.8 Å². The van der Waals surface area contributed by atoms with E-state index in [2.05, 4.69) is 39.3 Å². The standard InChI is InChI=1S/C23H38FN5O/c1-23(2,29-12-14-30-15-13-29)18-27-22(25-3)26-16-19-8-10-28(11-9-19)17-20-6-4-5-7-21(20)24/h4-7,19H,8-18H2,1-3H3,(H2,25,26,27). The van der Waals surface area contributed by atoms with Gasteiger partial charge in [-0.15, -0.1) is 0 Å². The molecule has 2 saturated heterocycles. The molecule has 0 atom stereocenters. The number of benzene rings is 1. The molecule has 2 fully saturated rings. The van der Waals surface area contributed by atoms with Gasteiger partial charge in [0.2, 0.25) is 0 Å². The van der Waals surface area contributed by atoms with Crippen LogP contribution in [0.25, 0.3) is 0 Å². The molecule has 2 N–H and O–H groups in total. The van der Waals surface area contributed by atoms with Gasteiger partial charge in [0.15, 0.2) is 5.96 Å². The second-order valence-corrected chi connectivity index (χ2v) is 9.03. The first-order valence-corrected chi connectivity index (χ1v) is 11.2. The highest BCUT2D eigenvalue weighted by atomic mass is 19.1. The molecule has 0 radical (unpaired) electrons. The zero-order valence-corrected chi connectivity index (χ0v) is 18.8. The monoisotopic (exact) mass is 419 g/mol. The first-order chi connectivity index (χ1) is 14.5. The second-order valence-electron chi connectivity index (χ2n) is 9.03. The molecule has 0 spiro atoms. The van der Waals surface area contributed by atoms with Gasteiger partial charge in [0.05, 0.1) is 13.2 Å². The lowest BCUT2D eigenvalue weighted by molar-refractivity contribution is -0.00834. The number of nitrogens with one attached hydrogen (secondary N) is 2. The maximum Gasteiger partial charge on any atom is 0.191 e. The Balaban J connectivity index is 1.37. The van der Waals surface area contributed by atoms with E-state index in [1.165, 1.54) is 0 Å². The van der Waals surface area contributed by atoms with Crippen molar-refractivity contribution in [1.82, 2.24) is 20.4 Å². The smallest absolute Gasteiger partial charge is 0.191 e. The average Bonchev–Trinajstić information content (AvgIpc) is 2.77. The van der Waals surface area contributed by atoms with Gasteiger partial charge in [0.25, 0.3) is 0 Å². The van der Waals surface area contributed by atoms with E-state index in [1.807, 2.05) is 19.2 Å². The van der Waals surface area contributed by atoms with Crippen molar-refractivity contribution in [2.75, 3.05) is 59.5 Å². The number of nitrogens with zero attached hydrogens (tertiary/aromatic N) is 3. The molecule has 3 rings (SSSR count). The molecule has 0 amide bonds. The maximum atomic E-state index is 13.9. The number of rotatable bonds is 7. The summed E-state index contributed by atoms with van der Waals surface area (Å²) in [5, 5.41) is 7.00. The van der Waals surface area contributed by atoms with E-state index in [1.54, 1.807) is 12.1 Å². The number of ether oxygens (including phenoxy) is 1. The van der Waals surface area contributed by atoms with Gasteiger partial charge in [0.1, 0.15) is 5.82 Å². The van der Waals surface area contributed by atoms with E-state index < -0.39 is 0 Å². The Morgan fingerprint density at radius 1 is 1.13 bits per heavy atom. The van der Waals surface area contributed by atoms with Crippen LogP contribution in [0.5, 0.6) is 0 Å². The number of guanidine groups is 1. The van der Waals surface area contributed by atoms with Crippen LogP contribution < -0.4 is 10.6 Å². The van der Waals surface area contributed by atoms with Gasteiger partial charge in [0, 0.05) is 50.9 Å². The molecule has 1 aromatic rings. The Hall–Kier alpha value is -1.70. The molecule has 7 heteroatoms. The molecule has 0 aromatic heterocycles. The minimum atomic E-state index is -0.101. The maximum absolute atomic E-state index is 13.9. The number of morpholine rings is 1. The van der Waals surface area contributed by atoms with Crippen molar-refractivity contribution in [2.45, 2.75) is 38.8 Å². The fourth-order valence-corrected chi connectivity index (χ4v) is 4.26. The minimum absolute atomic E-state index is 0.0550. The van der Waals surface area contributed by atoms with Gasteiger partial charge in [-0.3, -0.25) is 14.8 Å². The Kier molecular flexibility index (Phi) is 8.48. The van der Waals surface area contributed by atoms with Crippen LogP contribution in [0.4, 0.5) is 4.39 Å². The third-order valence-corrected chi connectivity index (χ3v) is 6.40. The van der Waals surface area contributed by atoms with Crippen LogP contribution in [0.15, 0.2) is 29.3 Å². The van der Waals surface area contributed by atoms with Gasteiger partial charge in [-0.2, -0.15) is 0 Å². The highest BCUT2D eigenvalue weighted by molar-refractivity contribution is 5.79. The number of halogens is 1. The topological polar surface area (TPSA) is 52.1 Å². The Morgan fingerprint density at radius 3 is 2.50 bits per heavy atom. The molecule has 2 aliphatic rings. The van der Waals surface area contributed by atoms with Crippen LogP contribution in [-0.2, 0) is 11.3 Å². The SMILES string of the molecule is CN=C(NCC1CCN(Cc2ccccc2F)CC1)NCC(C)(C)N1CCOCC1. The van der Waals surface area contributed by atoms with Crippen molar-refractivity contribution in [2.24, 2.45) is 10.9 Å². The van der Waals surface area contributed by atoms with E-state index in [9.17, 15) is 4.39 Å². The summed E-state index contributed by atoms with van der Waals surface area (Å²) in [6, 6.07) is 7.09.